The van der Waals surface area contributed by atoms with Crippen molar-refractivity contribution in [3.05, 3.63) is 65.4 Å². The zero-order chi connectivity index (χ0) is 22.5. The first-order chi connectivity index (χ1) is 15.6. The van der Waals surface area contributed by atoms with E-state index in [4.69, 9.17) is 37.1 Å². The molecule has 4 rings (SSSR count). The quantitative estimate of drug-likeness (QED) is 0.331. The lowest BCUT2D eigenvalue weighted by Gasteiger charge is -2.08. The second-order valence-corrected chi connectivity index (χ2v) is 7.30. The molecule has 10 heteroatoms. The van der Waals surface area contributed by atoms with E-state index in [9.17, 15) is 4.79 Å². The van der Waals surface area contributed by atoms with E-state index in [1.165, 1.54) is 6.20 Å². The van der Waals surface area contributed by atoms with Crippen LogP contribution in [0.1, 0.15) is 10.5 Å². The Bertz CT molecular complexity index is 1260. The number of fused-ring (bicyclic) bond motifs is 1. The van der Waals surface area contributed by atoms with Gasteiger partial charge < -0.3 is 24.5 Å². The molecule has 0 saturated carbocycles. The Balaban J connectivity index is 1.52. The van der Waals surface area contributed by atoms with Gasteiger partial charge in [0, 0.05) is 37.1 Å². The molecule has 0 aliphatic carbocycles. The monoisotopic (exact) mass is 472 g/mol. The summed E-state index contributed by atoms with van der Waals surface area (Å²) in [5, 5.41) is 6.10. The number of halogens is 2. The molecule has 0 saturated heterocycles. The van der Waals surface area contributed by atoms with Crippen LogP contribution in [0.25, 0.3) is 11.1 Å². The second-order valence-electron chi connectivity index (χ2n) is 6.51. The number of nitrogens with zero attached hydrogens (tertiary/aromatic N) is 2. The van der Waals surface area contributed by atoms with Gasteiger partial charge in [0.15, 0.2) is 5.58 Å². The molecule has 0 radical (unpaired) electrons. The van der Waals surface area contributed by atoms with E-state index in [1.807, 2.05) is 0 Å². The van der Waals surface area contributed by atoms with Crippen molar-refractivity contribution in [3.8, 4) is 17.2 Å². The molecular weight excluding hydrogens is 455 g/mol. The SMILES string of the molecule is CNC(=O)c1cc(Oc2ccc3oc(Nc4ccc(Cl)c(OCCCl)c4)nc3c2)ccn1. The summed E-state index contributed by atoms with van der Waals surface area (Å²) in [6.07, 6.45) is 1.51. The number of oxazole rings is 1. The summed E-state index contributed by atoms with van der Waals surface area (Å²) in [4.78, 5) is 20.2. The minimum atomic E-state index is -0.295. The van der Waals surface area contributed by atoms with Gasteiger partial charge in [-0.05, 0) is 30.3 Å². The molecule has 0 unspecified atom stereocenters. The molecule has 2 aromatic carbocycles. The standard InChI is InChI=1S/C22H18Cl2N4O4/c1-25-21(29)18-12-15(6-8-26-18)31-14-3-5-19-17(11-14)28-22(32-19)27-13-2-4-16(24)20(10-13)30-9-7-23/h2-6,8,10-12H,7,9H2,1H3,(H,25,29)(H,27,28). The fourth-order valence-corrected chi connectivity index (χ4v) is 3.10. The molecule has 0 atom stereocenters. The van der Waals surface area contributed by atoms with E-state index < -0.39 is 0 Å². The van der Waals surface area contributed by atoms with Gasteiger partial charge in [-0.3, -0.25) is 9.78 Å². The highest BCUT2D eigenvalue weighted by Crippen LogP contribution is 2.31. The van der Waals surface area contributed by atoms with Crippen molar-refractivity contribution in [3.63, 3.8) is 0 Å². The van der Waals surface area contributed by atoms with E-state index in [0.717, 1.165) is 0 Å². The Morgan fingerprint density at radius 1 is 1.12 bits per heavy atom. The zero-order valence-corrected chi connectivity index (χ0v) is 18.4. The van der Waals surface area contributed by atoms with Gasteiger partial charge >= 0.3 is 0 Å². The Morgan fingerprint density at radius 2 is 1.97 bits per heavy atom. The third-order valence-electron chi connectivity index (χ3n) is 4.30. The number of hydrogen-bond donors (Lipinski definition) is 2. The van der Waals surface area contributed by atoms with E-state index >= 15 is 0 Å². The van der Waals surface area contributed by atoms with E-state index in [-0.39, 0.29) is 11.6 Å². The van der Waals surface area contributed by atoms with Gasteiger partial charge in [0.25, 0.3) is 11.9 Å². The summed E-state index contributed by atoms with van der Waals surface area (Å²) in [6.45, 7) is 0.346. The molecular formula is C22H18Cl2N4O4. The number of pyridine rings is 1. The van der Waals surface area contributed by atoms with Crippen LogP contribution in [-0.2, 0) is 0 Å². The van der Waals surface area contributed by atoms with Crippen molar-refractivity contribution >= 4 is 51.9 Å². The number of anilines is 2. The molecule has 32 heavy (non-hydrogen) atoms. The van der Waals surface area contributed by atoms with E-state index in [1.54, 1.807) is 55.6 Å². The van der Waals surface area contributed by atoms with Crippen molar-refractivity contribution in [2.45, 2.75) is 0 Å². The average molecular weight is 473 g/mol. The number of nitrogens with one attached hydrogen (secondary N) is 2. The second kappa shape index (κ2) is 9.76. The molecule has 164 valence electrons. The fraction of sp³-hybridized carbons (Fsp3) is 0.136. The summed E-state index contributed by atoms with van der Waals surface area (Å²) >= 11 is 11.8. The molecule has 0 fully saturated rings. The number of rotatable bonds is 8. The first kappa shape index (κ1) is 21.7. The lowest BCUT2D eigenvalue weighted by molar-refractivity contribution is 0.0958. The molecule has 0 aliphatic rings. The third-order valence-corrected chi connectivity index (χ3v) is 4.77. The Kier molecular flexibility index (Phi) is 6.63. The van der Waals surface area contributed by atoms with Gasteiger partial charge in [0.1, 0.15) is 35.1 Å². The maximum atomic E-state index is 11.8. The smallest absolute Gasteiger partial charge is 0.300 e. The number of alkyl halides is 1. The molecule has 0 aliphatic heterocycles. The van der Waals surface area contributed by atoms with Crippen LogP contribution in [0.2, 0.25) is 5.02 Å². The average Bonchev–Trinajstić information content (AvgIpc) is 3.20. The summed E-state index contributed by atoms with van der Waals surface area (Å²) in [5.41, 5.74) is 2.13. The van der Waals surface area contributed by atoms with Gasteiger partial charge in [0.05, 0.1) is 10.9 Å². The molecule has 1 amide bonds. The Morgan fingerprint density at radius 3 is 2.78 bits per heavy atom. The minimum Gasteiger partial charge on any atom is -0.491 e. The molecule has 2 N–H and O–H groups in total. The Hall–Kier alpha value is -3.49. The summed E-state index contributed by atoms with van der Waals surface area (Å²) in [6, 6.07) is 14.0. The van der Waals surface area contributed by atoms with Crippen LogP contribution in [0.15, 0.2) is 59.1 Å². The van der Waals surface area contributed by atoms with Crippen LogP contribution in [0, 0.1) is 0 Å². The van der Waals surface area contributed by atoms with Crippen molar-refractivity contribution in [1.82, 2.24) is 15.3 Å². The van der Waals surface area contributed by atoms with Gasteiger partial charge in [-0.2, -0.15) is 4.98 Å². The maximum absolute atomic E-state index is 11.8. The van der Waals surface area contributed by atoms with Crippen molar-refractivity contribution < 1.29 is 18.7 Å². The van der Waals surface area contributed by atoms with E-state index in [0.29, 0.717) is 57.6 Å². The number of aromatic nitrogens is 2. The predicted octanol–water partition coefficient (Wildman–Crippen LogP) is 5.39. The van der Waals surface area contributed by atoms with Gasteiger partial charge in [-0.15, -0.1) is 11.6 Å². The number of benzene rings is 2. The van der Waals surface area contributed by atoms with Crippen LogP contribution >= 0.6 is 23.2 Å². The molecule has 0 spiro atoms. The van der Waals surface area contributed by atoms with Crippen LogP contribution in [0.5, 0.6) is 17.2 Å². The van der Waals surface area contributed by atoms with Gasteiger partial charge in [-0.25, -0.2) is 0 Å². The largest absolute Gasteiger partial charge is 0.491 e. The topological polar surface area (TPSA) is 98.5 Å². The number of hydrogen-bond acceptors (Lipinski definition) is 7. The number of carbonyl (C=O) groups excluding carboxylic acids is 1. The van der Waals surface area contributed by atoms with Gasteiger partial charge in [-0.1, -0.05) is 11.6 Å². The fourth-order valence-electron chi connectivity index (χ4n) is 2.85. The van der Waals surface area contributed by atoms with Crippen LogP contribution < -0.4 is 20.1 Å². The number of amides is 1. The maximum Gasteiger partial charge on any atom is 0.300 e. The van der Waals surface area contributed by atoms with Gasteiger partial charge in [0.2, 0.25) is 0 Å². The zero-order valence-electron chi connectivity index (χ0n) is 16.9. The predicted molar refractivity (Wildman–Crippen MR) is 123 cm³/mol. The van der Waals surface area contributed by atoms with E-state index in [2.05, 4.69) is 20.6 Å². The van der Waals surface area contributed by atoms with Crippen molar-refractivity contribution in [2.24, 2.45) is 0 Å². The van der Waals surface area contributed by atoms with Crippen molar-refractivity contribution in [2.75, 3.05) is 24.9 Å². The summed E-state index contributed by atoms with van der Waals surface area (Å²) < 4.78 is 17.1. The first-order valence-electron chi connectivity index (χ1n) is 9.57. The number of carbonyl (C=O) groups is 1. The lowest BCUT2D eigenvalue weighted by atomic mass is 10.3. The summed E-state index contributed by atoms with van der Waals surface area (Å²) in [5.74, 6) is 1.59. The molecule has 8 nitrogen and oxygen atoms in total. The normalized spacial score (nSPS) is 10.7. The lowest BCUT2D eigenvalue weighted by Crippen LogP contribution is -2.18. The highest BCUT2D eigenvalue weighted by Gasteiger charge is 2.11. The minimum absolute atomic E-state index is 0.261. The molecule has 2 aromatic heterocycles. The Labute approximate surface area is 193 Å². The highest BCUT2D eigenvalue weighted by atomic mass is 35.5. The third kappa shape index (κ3) is 5.04. The molecule has 4 aromatic rings. The summed E-state index contributed by atoms with van der Waals surface area (Å²) in [7, 11) is 1.54. The van der Waals surface area contributed by atoms with Crippen LogP contribution in [0.3, 0.4) is 0 Å². The van der Waals surface area contributed by atoms with Crippen molar-refractivity contribution in [1.29, 1.82) is 0 Å². The number of ether oxygens (including phenoxy) is 2. The van der Waals surface area contributed by atoms with Crippen LogP contribution in [0.4, 0.5) is 11.7 Å². The highest BCUT2D eigenvalue weighted by molar-refractivity contribution is 6.32. The molecule has 2 heterocycles. The molecule has 0 bridgehead atoms. The van der Waals surface area contributed by atoms with Crippen LogP contribution in [-0.4, -0.2) is 35.4 Å². The first-order valence-corrected chi connectivity index (χ1v) is 10.5.